The zero-order valence-electron chi connectivity index (χ0n) is 17.9. The number of pyridine rings is 1. The first-order valence-corrected chi connectivity index (χ1v) is 11.2. The first-order chi connectivity index (χ1) is 15.6. The van der Waals surface area contributed by atoms with Crippen LogP contribution in [-0.2, 0) is 19.5 Å². The average Bonchev–Trinajstić information content (AvgIpc) is 2.80. The summed E-state index contributed by atoms with van der Waals surface area (Å²) in [5.74, 6) is -0.124. The van der Waals surface area contributed by atoms with Crippen molar-refractivity contribution in [2.24, 2.45) is 0 Å². The first kappa shape index (κ1) is 20.7. The molecule has 1 aliphatic heterocycles. The highest BCUT2D eigenvalue weighted by molar-refractivity contribution is 6.31. The smallest absolute Gasteiger partial charge is 0.256 e. The molecule has 4 aromatic rings. The minimum atomic E-state index is -0.124. The van der Waals surface area contributed by atoms with Crippen molar-refractivity contribution < 1.29 is 4.79 Å². The molecule has 0 aliphatic carbocycles. The van der Waals surface area contributed by atoms with E-state index in [0.717, 1.165) is 47.2 Å². The van der Waals surface area contributed by atoms with E-state index in [9.17, 15) is 4.79 Å². The summed E-state index contributed by atoms with van der Waals surface area (Å²) in [6, 6.07) is 23.9. The molecule has 1 aliphatic rings. The molecule has 3 aromatic carbocycles. The monoisotopic (exact) mass is 441 g/mol. The van der Waals surface area contributed by atoms with Crippen LogP contribution in [0.1, 0.15) is 32.7 Å². The number of nitrogens with one attached hydrogen (secondary N) is 1. The summed E-state index contributed by atoms with van der Waals surface area (Å²) >= 11 is 6.28. The molecule has 0 fully saturated rings. The topological polar surface area (TPSA) is 45.2 Å². The quantitative estimate of drug-likeness (QED) is 0.422. The van der Waals surface area contributed by atoms with Crippen molar-refractivity contribution in [2.45, 2.75) is 26.4 Å². The normalized spacial score (nSPS) is 13.7. The van der Waals surface area contributed by atoms with Crippen LogP contribution in [0.25, 0.3) is 10.9 Å². The number of rotatable bonds is 4. The lowest BCUT2D eigenvalue weighted by atomic mass is 9.94. The number of halogens is 1. The molecule has 0 saturated heterocycles. The van der Waals surface area contributed by atoms with Gasteiger partial charge in [-0.15, -0.1) is 0 Å². The van der Waals surface area contributed by atoms with Gasteiger partial charge in [0, 0.05) is 53.4 Å². The lowest BCUT2D eigenvalue weighted by molar-refractivity contribution is 0.102. The summed E-state index contributed by atoms with van der Waals surface area (Å²) < 4.78 is 0. The number of hydrogen-bond acceptors (Lipinski definition) is 3. The van der Waals surface area contributed by atoms with Gasteiger partial charge in [0.25, 0.3) is 5.91 Å². The van der Waals surface area contributed by atoms with Crippen LogP contribution in [-0.4, -0.2) is 22.3 Å². The molecule has 1 amide bonds. The van der Waals surface area contributed by atoms with Crippen molar-refractivity contribution >= 4 is 34.1 Å². The van der Waals surface area contributed by atoms with E-state index in [0.29, 0.717) is 22.8 Å². The molecule has 0 radical (unpaired) electrons. The lowest BCUT2D eigenvalue weighted by Crippen LogP contribution is -2.32. The number of nitrogens with zero attached hydrogens (tertiary/aromatic N) is 2. The highest BCUT2D eigenvalue weighted by atomic mass is 35.5. The number of para-hydroxylation sites is 1. The van der Waals surface area contributed by atoms with Gasteiger partial charge in [-0.1, -0.05) is 66.2 Å². The molecule has 0 unspecified atom stereocenters. The molecule has 1 aromatic heterocycles. The van der Waals surface area contributed by atoms with E-state index >= 15 is 0 Å². The predicted octanol–water partition coefficient (Wildman–Crippen LogP) is 6.01. The second-order valence-electron chi connectivity index (χ2n) is 8.29. The molecule has 0 saturated carbocycles. The number of benzene rings is 3. The van der Waals surface area contributed by atoms with Crippen molar-refractivity contribution in [3.8, 4) is 0 Å². The highest BCUT2D eigenvalue weighted by Gasteiger charge is 2.26. The van der Waals surface area contributed by atoms with E-state index in [1.807, 2.05) is 49.4 Å². The van der Waals surface area contributed by atoms with Gasteiger partial charge in [0.05, 0.1) is 11.1 Å². The van der Waals surface area contributed by atoms with Gasteiger partial charge >= 0.3 is 0 Å². The molecular formula is C27H24ClN3O. The third kappa shape index (κ3) is 4.12. The van der Waals surface area contributed by atoms with Gasteiger partial charge in [0.1, 0.15) is 0 Å². The number of hydrogen-bond donors (Lipinski definition) is 1. The van der Waals surface area contributed by atoms with Crippen molar-refractivity contribution in [2.75, 3.05) is 11.9 Å². The summed E-state index contributed by atoms with van der Waals surface area (Å²) in [5, 5.41) is 4.58. The van der Waals surface area contributed by atoms with Gasteiger partial charge in [0.15, 0.2) is 0 Å². The number of fused-ring (bicyclic) bond motifs is 2. The average molecular weight is 442 g/mol. The van der Waals surface area contributed by atoms with Crippen molar-refractivity contribution in [1.29, 1.82) is 0 Å². The van der Waals surface area contributed by atoms with Crippen molar-refractivity contribution in [3.63, 3.8) is 0 Å². The minimum Gasteiger partial charge on any atom is -0.322 e. The van der Waals surface area contributed by atoms with Crippen LogP contribution in [0.5, 0.6) is 0 Å². The molecule has 5 heteroatoms. The molecular weight excluding hydrogens is 418 g/mol. The Morgan fingerprint density at radius 3 is 2.66 bits per heavy atom. The third-order valence-corrected chi connectivity index (χ3v) is 6.44. The molecule has 2 heterocycles. The fourth-order valence-electron chi connectivity index (χ4n) is 4.35. The summed E-state index contributed by atoms with van der Waals surface area (Å²) in [4.78, 5) is 20.8. The molecule has 0 bridgehead atoms. The molecule has 32 heavy (non-hydrogen) atoms. The van der Waals surface area contributed by atoms with Crippen LogP contribution < -0.4 is 5.32 Å². The molecule has 4 nitrogen and oxygen atoms in total. The fraction of sp³-hybridized carbons (Fsp3) is 0.185. The Labute approximate surface area is 192 Å². The number of aryl methyl sites for hydroxylation is 1. The molecule has 0 atom stereocenters. The van der Waals surface area contributed by atoms with Crippen LogP contribution in [0, 0.1) is 6.92 Å². The second-order valence-corrected chi connectivity index (χ2v) is 8.70. The van der Waals surface area contributed by atoms with Gasteiger partial charge in [-0.2, -0.15) is 0 Å². The standard InChI is InChI=1S/C27H24ClN3O/c1-18-11-12-20(15-23(18)28)29-27(32)26-21-9-5-6-10-24(21)30-25-13-14-31(17-22(25)26)16-19-7-3-2-4-8-19/h2-12,15H,13-14,16-17H2,1H3,(H,29,32). The van der Waals surface area contributed by atoms with E-state index < -0.39 is 0 Å². The van der Waals surface area contributed by atoms with Gasteiger partial charge in [0.2, 0.25) is 0 Å². The van der Waals surface area contributed by atoms with Crippen LogP contribution in [0.4, 0.5) is 5.69 Å². The van der Waals surface area contributed by atoms with E-state index in [1.54, 1.807) is 6.07 Å². The van der Waals surface area contributed by atoms with Crippen LogP contribution >= 0.6 is 11.6 Å². The summed E-state index contributed by atoms with van der Waals surface area (Å²) in [6.07, 6.45) is 0.823. The Morgan fingerprint density at radius 1 is 1.06 bits per heavy atom. The van der Waals surface area contributed by atoms with Crippen LogP contribution in [0.2, 0.25) is 5.02 Å². The number of carbonyl (C=O) groups excluding carboxylic acids is 1. The SMILES string of the molecule is Cc1ccc(NC(=O)c2c3c(nc4ccccc24)CCN(Cc2ccccc2)C3)cc1Cl. The number of carbonyl (C=O) groups is 1. The summed E-state index contributed by atoms with van der Waals surface area (Å²) in [7, 11) is 0. The summed E-state index contributed by atoms with van der Waals surface area (Å²) in [6.45, 7) is 4.41. The van der Waals surface area contributed by atoms with Crippen molar-refractivity contribution in [3.05, 3.63) is 106 Å². The molecule has 5 rings (SSSR count). The maximum atomic E-state index is 13.6. The van der Waals surface area contributed by atoms with Gasteiger partial charge in [-0.25, -0.2) is 0 Å². The summed E-state index contributed by atoms with van der Waals surface area (Å²) in [5.41, 5.74) is 6.53. The highest BCUT2D eigenvalue weighted by Crippen LogP contribution is 2.30. The molecule has 1 N–H and O–H groups in total. The maximum absolute atomic E-state index is 13.6. The van der Waals surface area contributed by atoms with Crippen LogP contribution in [0.15, 0.2) is 72.8 Å². The Kier molecular flexibility index (Phi) is 5.64. The Hall–Kier alpha value is -3.21. The minimum absolute atomic E-state index is 0.124. The lowest BCUT2D eigenvalue weighted by Gasteiger charge is -2.30. The number of aromatic nitrogens is 1. The number of amides is 1. The second kappa shape index (κ2) is 8.73. The largest absolute Gasteiger partial charge is 0.322 e. The Morgan fingerprint density at radius 2 is 1.84 bits per heavy atom. The predicted molar refractivity (Wildman–Crippen MR) is 130 cm³/mol. The zero-order valence-corrected chi connectivity index (χ0v) is 18.7. The van der Waals surface area contributed by atoms with Crippen molar-refractivity contribution in [1.82, 2.24) is 9.88 Å². The van der Waals surface area contributed by atoms with Gasteiger partial charge in [-0.3, -0.25) is 14.7 Å². The zero-order chi connectivity index (χ0) is 22.1. The van der Waals surface area contributed by atoms with E-state index in [2.05, 4.69) is 34.5 Å². The molecule has 0 spiro atoms. The van der Waals surface area contributed by atoms with Crippen LogP contribution in [0.3, 0.4) is 0 Å². The van der Waals surface area contributed by atoms with Gasteiger partial charge < -0.3 is 5.32 Å². The van der Waals surface area contributed by atoms with E-state index in [1.165, 1.54) is 5.56 Å². The van der Waals surface area contributed by atoms with E-state index in [4.69, 9.17) is 16.6 Å². The van der Waals surface area contributed by atoms with E-state index in [-0.39, 0.29) is 5.91 Å². The fourth-order valence-corrected chi connectivity index (χ4v) is 4.53. The Bertz CT molecular complexity index is 1300. The molecule has 160 valence electrons. The first-order valence-electron chi connectivity index (χ1n) is 10.8. The third-order valence-electron chi connectivity index (χ3n) is 6.03. The maximum Gasteiger partial charge on any atom is 0.256 e. The number of anilines is 1. The Balaban J connectivity index is 1.53. The van der Waals surface area contributed by atoms with Gasteiger partial charge in [-0.05, 0) is 36.2 Å².